The molecule has 0 N–H and O–H groups in total. The highest BCUT2D eigenvalue weighted by Crippen LogP contribution is 2.28. The summed E-state index contributed by atoms with van der Waals surface area (Å²) in [6.45, 7) is 0.112. The van der Waals surface area contributed by atoms with Crippen LogP contribution in [0.3, 0.4) is 0 Å². The van der Waals surface area contributed by atoms with Crippen LogP contribution in [0, 0.1) is 0 Å². The van der Waals surface area contributed by atoms with Crippen LogP contribution in [-0.2, 0) is 30.7 Å². The maximum Gasteiger partial charge on any atom is 0.390 e. The van der Waals surface area contributed by atoms with E-state index in [4.69, 9.17) is 0 Å². The number of halogens is 3. The van der Waals surface area contributed by atoms with E-state index in [1.807, 2.05) is 35.7 Å². The van der Waals surface area contributed by atoms with Crippen LogP contribution in [0.1, 0.15) is 33.9 Å². The first-order valence-electron chi connectivity index (χ1n) is 10.8. The minimum atomic E-state index is -4.33. The summed E-state index contributed by atoms with van der Waals surface area (Å²) in [4.78, 5) is 33.2. The van der Waals surface area contributed by atoms with Crippen molar-refractivity contribution in [2.45, 2.75) is 38.5 Å². The number of carbonyl (C=O) groups is 2. The number of aryl methyl sites for hydroxylation is 1. The number of benzene rings is 1. The molecule has 1 aliphatic heterocycles. The molecular formula is C23H24F3N5O2S. The lowest BCUT2D eigenvalue weighted by Gasteiger charge is -2.28. The van der Waals surface area contributed by atoms with Crippen molar-refractivity contribution >= 4 is 23.2 Å². The number of fused-ring (bicyclic) bond motifs is 1. The lowest BCUT2D eigenvalue weighted by Crippen LogP contribution is -2.38. The second-order valence-electron chi connectivity index (χ2n) is 8.31. The molecule has 0 unspecified atom stereocenters. The van der Waals surface area contributed by atoms with Crippen molar-refractivity contribution in [3.63, 3.8) is 0 Å². The van der Waals surface area contributed by atoms with E-state index in [0.29, 0.717) is 29.9 Å². The smallest absolute Gasteiger partial charge is 0.343 e. The fourth-order valence-corrected chi connectivity index (χ4v) is 4.70. The van der Waals surface area contributed by atoms with Gasteiger partial charge in [0.25, 0.3) is 5.91 Å². The highest BCUT2D eigenvalue weighted by Gasteiger charge is 2.33. The zero-order valence-corrected chi connectivity index (χ0v) is 19.6. The Bertz CT molecular complexity index is 1190. The van der Waals surface area contributed by atoms with Crippen LogP contribution in [0.4, 0.5) is 13.2 Å². The van der Waals surface area contributed by atoms with E-state index in [1.54, 1.807) is 19.0 Å². The minimum Gasteiger partial charge on any atom is -0.343 e. The second kappa shape index (κ2) is 9.57. The van der Waals surface area contributed by atoms with E-state index in [0.717, 1.165) is 10.6 Å². The number of carbonyl (C=O) groups excluding carboxylic acids is 2. The molecule has 0 atom stereocenters. The van der Waals surface area contributed by atoms with Gasteiger partial charge in [0.1, 0.15) is 5.01 Å². The lowest BCUT2D eigenvalue weighted by atomic mass is 10.0. The molecule has 7 nitrogen and oxygen atoms in total. The van der Waals surface area contributed by atoms with Gasteiger partial charge in [0.2, 0.25) is 5.91 Å². The maximum atomic E-state index is 13.0. The average molecular weight is 492 g/mol. The Labute approximate surface area is 198 Å². The Balaban J connectivity index is 1.51. The van der Waals surface area contributed by atoms with E-state index < -0.39 is 18.5 Å². The number of rotatable bonds is 6. The normalized spacial score (nSPS) is 13.6. The number of amides is 2. The quantitative estimate of drug-likeness (QED) is 0.526. The molecule has 1 aromatic carbocycles. The first kappa shape index (κ1) is 23.9. The molecule has 3 aromatic rings. The third-order valence-corrected chi connectivity index (χ3v) is 6.55. The number of thiazole rings is 1. The molecule has 2 aromatic heterocycles. The topological polar surface area (TPSA) is 71.3 Å². The van der Waals surface area contributed by atoms with Gasteiger partial charge in [-0.05, 0) is 0 Å². The predicted molar refractivity (Wildman–Crippen MR) is 121 cm³/mol. The van der Waals surface area contributed by atoms with Crippen LogP contribution in [-0.4, -0.2) is 63.2 Å². The summed E-state index contributed by atoms with van der Waals surface area (Å²) in [6, 6.07) is 9.68. The van der Waals surface area contributed by atoms with Crippen molar-refractivity contribution in [1.29, 1.82) is 0 Å². The molecule has 1 aliphatic rings. The largest absolute Gasteiger partial charge is 0.390 e. The molecule has 3 heterocycles. The molecule has 0 aliphatic carbocycles. The third-order valence-electron chi connectivity index (χ3n) is 5.61. The van der Waals surface area contributed by atoms with Crippen LogP contribution < -0.4 is 0 Å². The molecule has 0 saturated heterocycles. The van der Waals surface area contributed by atoms with E-state index in [2.05, 4.69) is 10.1 Å². The number of hydrogen-bond donors (Lipinski definition) is 0. The standard InChI is InChI=1S/C23H24F3N5O2S/c1-29(2)22(33)20-17-13-30(10-8-18(17)31(28-20)11-9-23(24,25)26)19(32)12-16-14-34-21(27-16)15-6-4-3-5-7-15/h3-7,14H,8-13H2,1-2H3. The fourth-order valence-electron chi connectivity index (χ4n) is 3.87. The monoisotopic (exact) mass is 491 g/mol. The summed E-state index contributed by atoms with van der Waals surface area (Å²) < 4.78 is 39.6. The van der Waals surface area contributed by atoms with Crippen molar-refractivity contribution in [3.05, 3.63) is 58.4 Å². The number of nitrogens with zero attached hydrogens (tertiary/aromatic N) is 5. The van der Waals surface area contributed by atoms with E-state index in [9.17, 15) is 22.8 Å². The molecule has 0 saturated carbocycles. The van der Waals surface area contributed by atoms with Crippen LogP contribution in [0.15, 0.2) is 35.7 Å². The summed E-state index contributed by atoms with van der Waals surface area (Å²) in [5.74, 6) is -0.551. The molecule has 0 spiro atoms. The van der Waals surface area contributed by atoms with Crippen LogP contribution >= 0.6 is 11.3 Å². The molecule has 180 valence electrons. The van der Waals surface area contributed by atoms with Gasteiger partial charge in [-0.3, -0.25) is 14.3 Å². The summed E-state index contributed by atoms with van der Waals surface area (Å²) >= 11 is 1.46. The van der Waals surface area contributed by atoms with Crippen molar-refractivity contribution in [3.8, 4) is 10.6 Å². The molecule has 0 radical (unpaired) electrons. The summed E-state index contributed by atoms with van der Waals surface area (Å²) in [6.07, 6.45) is -4.92. The molecule has 0 fully saturated rings. The van der Waals surface area contributed by atoms with Gasteiger partial charge >= 0.3 is 6.18 Å². The van der Waals surface area contributed by atoms with Crippen molar-refractivity contribution in [1.82, 2.24) is 24.6 Å². The van der Waals surface area contributed by atoms with Gasteiger partial charge in [0.05, 0.1) is 18.5 Å². The average Bonchev–Trinajstić information content (AvgIpc) is 3.41. The SMILES string of the molecule is CN(C)C(=O)c1nn(CCC(F)(F)F)c2c1CN(C(=O)Cc1csc(-c3ccccc3)n1)CC2. The van der Waals surface area contributed by atoms with Gasteiger partial charge in [-0.25, -0.2) is 4.98 Å². The number of alkyl halides is 3. The minimum absolute atomic E-state index is 0.0969. The second-order valence-corrected chi connectivity index (χ2v) is 9.17. The van der Waals surface area contributed by atoms with Gasteiger partial charge in [0, 0.05) is 62.4 Å². The van der Waals surface area contributed by atoms with Crippen molar-refractivity contribution in [2.24, 2.45) is 0 Å². The highest BCUT2D eigenvalue weighted by molar-refractivity contribution is 7.13. The summed E-state index contributed by atoms with van der Waals surface area (Å²) in [5.41, 5.74) is 2.83. The molecule has 4 rings (SSSR count). The third kappa shape index (κ3) is 5.30. The maximum absolute atomic E-state index is 13.0. The zero-order chi connectivity index (χ0) is 24.5. The lowest BCUT2D eigenvalue weighted by molar-refractivity contribution is -0.137. The summed E-state index contributed by atoms with van der Waals surface area (Å²) in [5, 5.41) is 6.89. The number of hydrogen-bond acceptors (Lipinski definition) is 5. The van der Waals surface area contributed by atoms with Gasteiger partial charge < -0.3 is 9.80 Å². The van der Waals surface area contributed by atoms with Crippen LogP contribution in [0.5, 0.6) is 0 Å². The van der Waals surface area contributed by atoms with Crippen molar-refractivity contribution < 1.29 is 22.8 Å². The predicted octanol–water partition coefficient (Wildman–Crippen LogP) is 3.79. The summed E-state index contributed by atoms with van der Waals surface area (Å²) in [7, 11) is 3.11. The van der Waals surface area contributed by atoms with Crippen LogP contribution in [0.25, 0.3) is 10.6 Å². The molecule has 2 amide bonds. The van der Waals surface area contributed by atoms with Gasteiger partial charge in [-0.15, -0.1) is 11.3 Å². The van der Waals surface area contributed by atoms with E-state index in [-0.39, 0.29) is 31.1 Å². The Hall–Kier alpha value is -3.21. The fraction of sp³-hybridized carbons (Fsp3) is 0.391. The molecule has 11 heteroatoms. The Morgan fingerprint density at radius 2 is 1.91 bits per heavy atom. The Kier molecular flexibility index (Phi) is 6.74. The van der Waals surface area contributed by atoms with Gasteiger partial charge in [0.15, 0.2) is 5.69 Å². The first-order chi connectivity index (χ1) is 16.1. The van der Waals surface area contributed by atoms with E-state index >= 15 is 0 Å². The highest BCUT2D eigenvalue weighted by atomic mass is 32.1. The Morgan fingerprint density at radius 1 is 1.18 bits per heavy atom. The zero-order valence-electron chi connectivity index (χ0n) is 18.8. The van der Waals surface area contributed by atoms with Crippen molar-refractivity contribution in [2.75, 3.05) is 20.6 Å². The first-order valence-corrected chi connectivity index (χ1v) is 11.6. The molecule has 0 bridgehead atoms. The van der Waals surface area contributed by atoms with Crippen LogP contribution in [0.2, 0.25) is 0 Å². The molecular weight excluding hydrogens is 467 g/mol. The van der Waals surface area contributed by atoms with Gasteiger partial charge in [-0.2, -0.15) is 18.3 Å². The number of aromatic nitrogens is 3. The van der Waals surface area contributed by atoms with E-state index in [1.165, 1.54) is 20.9 Å². The molecule has 34 heavy (non-hydrogen) atoms. The Morgan fingerprint density at radius 3 is 2.59 bits per heavy atom. The van der Waals surface area contributed by atoms with Gasteiger partial charge in [-0.1, -0.05) is 30.3 Å².